The van der Waals surface area contributed by atoms with Crippen LogP contribution in [0.5, 0.6) is 0 Å². The summed E-state index contributed by atoms with van der Waals surface area (Å²) < 4.78 is 0. The summed E-state index contributed by atoms with van der Waals surface area (Å²) in [6.07, 6.45) is 1.44. The molecule has 3 N–H and O–H groups in total. The van der Waals surface area contributed by atoms with Crippen molar-refractivity contribution in [1.82, 2.24) is 10.2 Å². The number of aromatic nitrogens is 2. The van der Waals surface area contributed by atoms with E-state index in [1.165, 1.54) is 6.20 Å². The predicted octanol–water partition coefficient (Wildman–Crippen LogP) is 1.18. The van der Waals surface area contributed by atoms with E-state index in [0.29, 0.717) is 11.3 Å². The van der Waals surface area contributed by atoms with Gasteiger partial charge in [0.2, 0.25) is 0 Å². The van der Waals surface area contributed by atoms with Crippen LogP contribution in [0, 0.1) is 0 Å². The van der Waals surface area contributed by atoms with Crippen molar-refractivity contribution < 1.29 is 4.79 Å². The maximum Gasteiger partial charge on any atom is 0.252 e. The van der Waals surface area contributed by atoms with Crippen LogP contribution in [0.1, 0.15) is 10.4 Å². The fraction of sp³-hybridized carbons (Fsp3) is 0. The number of amides is 1. The summed E-state index contributed by atoms with van der Waals surface area (Å²) >= 11 is 0. The number of rotatable bonds is 2. The third-order valence-corrected chi connectivity index (χ3v) is 1.97. The number of H-pyrrole nitrogens is 1. The van der Waals surface area contributed by atoms with Gasteiger partial charge in [0.1, 0.15) is 0 Å². The van der Waals surface area contributed by atoms with Gasteiger partial charge in [0, 0.05) is 5.56 Å². The van der Waals surface area contributed by atoms with Gasteiger partial charge in [0.15, 0.2) is 0 Å². The van der Waals surface area contributed by atoms with Crippen LogP contribution < -0.4 is 5.73 Å². The number of hydrogen-bond donors (Lipinski definition) is 2. The second-order valence-electron chi connectivity index (χ2n) is 2.89. The van der Waals surface area contributed by atoms with E-state index in [4.69, 9.17) is 5.73 Å². The first-order chi connectivity index (χ1) is 6.79. The maximum atomic E-state index is 11.0. The van der Waals surface area contributed by atoms with Gasteiger partial charge in [0.25, 0.3) is 5.91 Å². The zero-order valence-corrected chi connectivity index (χ0v) is 7.40. The minimum Gasteiger partial charge on any atom is -0.365 e. The van der Waals surface area contributed by atoms with Crippen LogP contribution in [-0.2, 0) is 0 Å². The molecule has 0 aliphatic rings. The van der Waals surface area contributed by atoms with Gasteiger partial charge in [-0.3, -0.25) is 9.89 Å². The molecule has 1 aromatic carbocycles. The SMILES string of the molecule is NC(=O)c1cn[nH]c1-c1ccccc1. The first-order valence-corrected chi connectivity index (χ1v) is 4.17. The van der Waals surface area contributed by atoms with Crippen molar-refractivity contribution in [2.75, 3.05) is 0 Å². The molecular formula is C10H9N3O. The highest BCUT2D eigenvalue weighted by Gasteiger charge is 2.11. The van der Waals surface area contributed by atoms with E-state index in [0.717, 1.165) is 5.56 Å². The molecule has 0 saturated carbocycles. The van der Waals surface area contributed by atoms with E-state index in [-0.39, 0.29) is 0 Å². The Kier molecular flexibility index (Phi) is 2.02. The van der Waals surface area contributed by atoms with Gasteiger partial charge in [-0.15, -0.1) is 0 Å². The first-order valence-electron chi connectivity index (χ1n) is 4.17. The number of hydrogen-bond acceptors (Lipinski definition) is 2. The lowest BCUT2D eigenvalue weighted by Gasteiger charge is -1.98. The Labute approximate surface area is 80.8 Å². The Morgan fingerprint density at radius 1 is 1.29 bits per heavy atom. The van der Waals surface area contributed by atoms with E-state index >= 15 is 0 Å². The van der Waals surface area contributed by atoms with Gasteiger partial charge >= 0.3 is 0 Å². The molecule has 2 aromatic rings. The van der Waals surface area contributed by atoms with Crippen molar-refractivity contribution in [2.45, 2.75) is 0 Å². The van der Waals surface area contributed by atoms with E-state index in [2.05, 4.69) is 10.2 Å². The highest BCUT2D eigenvalue weighted by atomic mass is 16.1. The van der Waals surface area contributed by atoms with Crippen LogP contribution in [0.25, 0.3) is 11.3 Å². The van der Waals surface area contributed by atoms with Crippen molar-refractivity contribution in [1.29, 1.82) is 0 Å². The molecule has 0 bridgehead atoms. The fourth-order valence-electron chi connectivity index (χ4n) is 1.30. The third-order valence-electron chi connectivity index (χ3n) is 1.97. The molecule has 0 fully saturated rings. The number of aromatic amines is 1. The summed E-state index contributed by atoms with van der Waals surface area (Å²) in [6.45, 7) is 0. The lowest BCUT2D eigenvalue weighted by molar-refractivity contribution is 0.100. The molecule has 1 heterocycles. The largest absolute Gasteiger partial charge is 0.365 e. The van der Waals surface area contributed by atoms with Gasteiger partial charge in [-0.05, 0) is 0 Å². The normalized spacial score (nSPS) is 10.0. The number of carbonyl (C=O) groups excluding carboxylic acids is 1. The van der Waals surface area contributed by atoms with Gasteiger partial charge < -0.3 is 5.73 Å². The number of nitrogens with zero attached hydrogens (tertiary/aromatic N) is 1. The average molecular weight is 187 g/mol. The van der Waals surface area contributed by atoms with Crippen LogP contribution in [0.3, 0.4) is 0 Å². The summed E-state index contributed by atoms with van der Waals surface area (Å²) in [6, 6.07) is 9.46. The second-order valence-corrected chi connectivity index (χ2v) is 2.89. The average Bonchev–Trinajstić information content (AvgIpc) is 2.67. The summed E-state index contributed by atoms with van der Waals surface area (Å²) in [5, 5.41) is 6.55. The van der Waals surface area contributed by atoms with Crippen molar-refractivity contribution in [3.8, 4) is 11.3 Å². The number of nitrogens with two attached hydrogens (primary N) is 1. The molecule has 0 spiro atoms. The van der Waals surface area contributed by atoms with Crippen molar-refractivity contribution in [2.24, 2.45) is 5.73 Å². The molecule has 0 atom stereocenters. The van der Waals surface area contributed by atoms with Crippen LogP contribution in [0.2, 0.25) is 0 Å². The van der Waals surface area contributed by atoms with Gasteiger partial charge in [-0.1, -0.05) is 30.3 Å². The quantitative estimate of drug-likeness (QED) is 0.740. The van der Waals surface area contributed by atoms with Crippen LogP contribution in [-0.4, -0.2) is 16.1 Å². The molecule has 0 aliphatic heterocycles. The Hall–Kier alpha value is -2.10. The predicted molar refractivity (Wildman–Crippen MR) is 52.5 cm³/mol. The van der Waals surface area contributed by atoms with Crippen molar-refractivity contribution in [3.63, 3.8) is 0 Å². The molecule has 0 saturated heterocycles. The molecule has 4 heteroatoms. The number of primary amides is 1. The zero-order chi connectivity index (χ0) is 9.97. The highest BCUT2D eigenvalue weighted by molar-refractivity contribution is 5.98. The lowest BCUT2D eigenvalue weighted by Crippen LogP contribution is -2.10. The molecule has 0 unspecified atom stereocenters. The van der Waals surface area contributed by atoms with Crippen molar-refractivity contribution in [3.05, 3.63) is 42.1 Å². The first kappa shape index (κ1) is 8.50. The van der Waals surface area contributed by atoms with Crippen LogP contribution in [0.15, 0.2) is 36.5 Å². The molecule has 14 heavy (non-hydrogen) atoms. The standard InChI is InChI=1S/C10H9N3O/c11-10(14)8-6-12-13-9(8)7-4-2-1-3-5-7/h1-6H,(H2,11,14)(H,12,13). The van der Waals surface area contributed by atoms with E-state index < -0.39 is 5.91 Å². The van der Waals surface area contributed by atoms with Gasteiger partial charge in [0.05, 0.1) is 17.5 Å². The summed E-state index contributed by atoms with van der Waals surface area (Å²) in [5.41, 5.74) is 7.18. The minimum atomic E-state index is -0.474. The third kappa shape index (κ3) is 1.37. The van der Waals surface area contributed by atoms with E-state index in [9.17, 15) is 4.79 Å². The molecule has 2 rings (SSSR count). The highest BCUT2D eigenvalue weighted by Crippen LogP contribution is 2.19. The Bertz CT molecular complexity index is 447. The van der Waals surface area contributed by atoms with E-state index in [1.807, 2.05) is 30.3 Å². The maximum absolute atomic E-state index is 11.0. The van der Waals surface area contributed by atoms with Crippen molar-refractivity contribution >= 4 is 5.91 Å². The van der Waals surface area contributed by atoms with Crippen LogP contribution >= 0.6 is 0 Å². The Balaban J connectivity index is 2.52. The second kappa shape index (κ2) is 3.33. The Morgan fingerprint density at radius 3 is 2.64 bits per heavy atom. The number of benzene rings is 1. The number of carbonyl (C=O) groups is 1. The van der Waals surface area contributed by atoms with Gasteiger partial charge in [-0.25, -0.2) is 0 Å². The zero-order valence-electron chi connectivity index (χ0n) is 7.40. The number of nitrogens with one attached hydrogen (secondary N) is 1. The minimum absolute atomic E-state index is 0.413. The van der Waals surface area contributed by atoms with E-state index in [1.54, 1.807) is 0 Å². The lowest BCUT2D eigenvalue weighted by atomic mass is 10.1. The topological polar surface area (TPSA) is 71.8 Å². The summed E-state index contributed by atoms with van der Waals surface area (Å²) in [4.78, 5) is 11.0. The summed E-state index contributed by atoms with van der Waals surface area (Å²) in [7, 11) is 0. The molecule has 0 radical (unpaired) electrons. The molecule has 0 aliphatic carbocycles. The molecule has 1 amide bonds. The van der Waals surface area contributed by atoms with Gasteiger partial charge in [-0.2, -0.15) is 5.10 Å². The molecule has 1 aromatic heterocycles. The monoisotopic (exact) mass is 187 g/mol. The molecule has 4 nitrogen and oxygen atoms in total. The van der Waals surface area contributed by atoms with Crippen LogP contribution in [0.4, 0.5) is 0 Å². The molecule has 70 valence electrons. The summed E-state index contributed by atoms with van der Waals surface area (Å²) in [5.74, 6) is -0.474. The fourth-order valence-corrected chi connectivity index (χ4v) is 1.30. The smallest absolute Gasteiger partial charge is 0.252 e. The Morgan fingerprint density at radius 2 is 2.00 bits per heavy atom. The molecular weight excluding hydrogens is 178 g/mol.